The maximum Gasteiger partial charge on any atom is 0.240 e. The van der Waals surface area contributed by atoms with Crippen LogP contribution in [0, 0.1) is 0 Å². The normalized spacial score (nSPS) is 11.5. The minimum absolute atomic E-state index is 0.00343. The molecule has 0 spiro atoms. The molecule has 0 aliphatic rings. The lowest BCUT2D eigenvalue weighted by Crippen LogP contribution is -2.26. The summed E-state index contributed by atoms with van der Waals surface area (Å²) in [5.74, 6) is 0.00343. The third kappa shape index (κ3) is 3.92. The minimum Gasteiger partial charge on any atom is -0.348 e. The van der Waals surface area contributed by atoms with E-state index in [1.165, 1.54) is 0 Å². The predicted octanol–water partition coefficient (Wildman–Crippen LogP) is 2.56. The second-order valence-corrected chi connectivity index (χ2v) is 6.45. The van der Waals surface area contributed by atoms with E-state index < -0.39 is 0 Å². The standard InChI is InChI=1S/C14H19N3OS/c1-14(2,3)11-10-19-13(16-11)8-15-12(18)9-17-6-4-5-7-17/h4-7,10H,8-9H2,1-3H3,(H,15,18). The van der Waals surface area contributed by atoms with Gasteiger partial charge >= 0.3 is 0 Å². The zero-order valence-electron chi connectivity index (χ0n) is 11.5. The Hall–Kier alpha value is -1.62. The van der Waals surface area contributed by atoms with Crippen LogP contribution in [0.3, 0.4) is 0 Å². The summed E-state index contributed by atoms with van der Waals surface area (Å²) in [4.78, 5) is 16.3. The molecule has 0 unspecified atom stereocenters. The average molecular weight is 277 g/mol. The fraction of sp³-hybridized carbons (Fsp3) is 0.429. The highest BCUT2D eigenvalue weighted by Crippen LogP contribution is 2.23. The van der Waals surface area contributed by atoms with E-state index in [9.17, 15) is 4.79 Å². The van der Waals surface area contributed by atoms with Crippen molar-refractivity contribution in [1.82, 2.24) is 14.9 Å². The van der Waals surface area contributed by atoms with Gasteiger partial charge in [0.2, 0.25) is 5.91 Å². The Bertz CT molecular complexity index is 537. The SMILES string of the molecule is CC(C)(C)c1csc(CNC(=O)Cn2cccc2)n1. The lowest BCUT2D eigenvalue weighted by Gasteiger charge is -2.14. The van der Waals surface area contributed by atoms with Crippen LogP contribution in [0.15, 0.2) is 29.9 Å². The first-order valence-corrected chi connectivity index (χ1v) is 7.15. The van der Waals surface area contributed by atoms with Crippen molar-refractivity contribution in [2.75, 3.05) is 0 Å². The number of carbonyl (C=O) groups is 1. The highest BCUT2D eigenvalue weighted by atomic mass is 32.1. The van der Waals surface area contributed by atoms with Crippen LogP contribution in [-0.4, -0.2) is 15.5 Å². The summed E-state index contributed by atoms with van der Waals surface area (Å²) in [6.45, 7) is 7.26. The Morgan fingerprint density at radius 2 is 2.05 bits per heavy atom. The molecule has 4 nitrogen and oxygen atoms in total. The fourth-order valence-electron chi connectivity index (χ4n) is 1.61. The van der Waals surface area contributed by atoms with Crippen molar-refractivity contribution < 1.29 is 4.79 Å². The Kier molecular flexibility index (Phi) is 4.04. The molecular formula is C14H19N3OS. The predicted molar refractivity (Wildman–Crippen MR) is 77.1 cm³/mol. The molecule has 1 amide bonds. The van der Waals surface area contributed by atoms with Gasteiger partial charge in [-0.15, -0.1) is 11.3 Å². The van der Waals surface area contributed by atoms with Gasteiger partial charge < -0.3 is 9.88 Å². The van der Waals surface area contributed by atoms with E-state index in [-0.39, 0.29) is 11.3 Å². The Balaban J connectivity index is 1.85. The number of thiazole rings is 1. The average Bonchev–Trinajstić information content (AvgIpc) is 2.95. The maximum atomic E-state index is 11.7. The topological polar surface area (TPSA) is 46.9 Å². The van der Waals surface area contributed by atoms with Crippen LogP contribution in [0.2, 0.25) is 0 Å². The number of nitrogens with one attached hydrogen (secondary N) is 1. The molecule has 0 radical (unpaired) electrons. The molecule has 1 N–H and O–H groups in total. The van der Waals surface area contributed by atoms with Gasteiger partial charge in [-0.3, -0.25) is 4.79 Å². The molecule has 0 saturated heterocycles. The zero-order chi connectivity index (χ0) is 13.9. The van der Waals surface area contributed by atoms with Gasteiger partial charge in [-0.05, 0) is 12.1 Å². The summed E-state index contributed by atoms with van der Waals surface area (Å²) in [7, 11) is 0. The lowest BCUT2D eigenvalue weighted by molar-refractivity contribution is -0.121. The van der Waals surface area contributed by atoms with Gasteiger partial charge in [0.05, 0.1) is 12.2 Å². The number of hydrogen-bond acceptors (Lipinski definition) is 3. The van der Waals surface area contributed by atoms with Crippen molar-refractivity contribution in [3.05, 3.63) is 40.6 Å². The van der Waals surface area contributed by atoms with Crippen LogP contribution in [0.4, 0.5) is 0 Å². The molecule has 0 saturated carbocycles. The fourth-order valence-corrected chi connectivity index (χ4v) is 2.57. The summed E-state index contributed by atoms with van der Waals surface area (Å²) in [5.41, 5.74) is 1.14. The van der Waals surface area contributed by atoms with E-state index in [1.54, 1.807) is 11.3 Å². The molecule has 0 atom stereocenters. The van der Waals surface area contributed by atoms with Crippen LogP contribution in [0.25, 0.3) is 0 Å². The van der Waals surface area contributed by atoms with E-state index in [1.807, 2.05) is 29.1 Å². The molecule has 102 valence electrons. The zero-order valence-corrected chi connectivity index (χ0v) is 12.3. The third-order valence-corrected chi connectivity index (χ3v) is 3.60. The van der Waals surface area contributed by atoms with Gasteiger partial charge in [0.15, 0.2) is 0 Å². The Morgan fingerprint density at radius 3 is 2.63 bits per heavy atom. The van der Waals surface area contributed by atoms with Crippen LogP contribution in [0.5, 0.6) is 0 Å². The minimum atomic E-state index is 0.00343. The van der Waals surface area contributed by atoms with Crippen molar-refractivity contribution in [2.24, 2.45) is 0 Å². The number of nitrogens with zero attached hydrogens (tertiary/aromatic N) is 2. The van der Waals surface area contributed by atoms with E-state index >= 15 is 0 Å². The first kappa shape index (κ1) is 13.8. The van der Waals surface area contributed by atoms with Gasteiger partial charge in [-0.25, -0.2) is 4.98 Å². The molecule has 2 aromatic rings. The van der Waals surface area contributed by atoms with E-state index in [0.717, 1.165) is 10.7 Å². The number of aromatic nitrogens is 2. The number of rotatable bonds is 4. The van der Waals surface area contributed by atoms with Crippen molar-refractivity contribution in [3.8, 4) is 0 Å². The van der Waals surface area contributed by atoms with Crippen molar-refractivity contribution in [1.29, 1.82) is 0 Å². The molecule has 0 fully saturated rings. The first-order valence-electron chi connectivity index (χ1n) is 6.27. The number of hydrogen-bond donors (Lipinski definition) is 1. The molecule has 2 rings (SSSR count). The van der Waals surface area contributed by atoms with E-state index in [0.29, 0.717) is 13.1 Å². The highest BCUT2D eigenvalue weighted by Gasteiger charge is 2.17. The number of carbonyl (C=O) groups excluding carboxylic acids is 1. The van der Waals surface area contributed by atoms with Crippen molar-refractivity contribution >= 4 is 17.2 Å². The van der Waals surface area contributed by atoms with E-state index in [4.69, 9.17) is 0 Å². The quantitative estimate of drug-likeness (QED) is 0.933. The van der Waals surface area contributed by atoms with Crippen LogP contribution < -0.4 is 5.32 Å². The van der Waals surface area contributed by atoms with Gasteiger partial charge in [0, 0.05) is 23.2 Å². The van der Waals surface area contributed by atoms with Gasteiger partial charge in [0.25, 0.3) is 0 Å². The molecule has 5 heteroatoms. The molecule has 0 aromatic carbocycles. The van der Waals surface area contributed by atoms with Crippen LogP contribution >= 0.6 is 11.3 Å². The number of amides is 1. The summed E-state index contributed by atoms with van der Waals surface area (Å²) < 4.78 is 1.85. The Morgan fingerprint density at radius 1 is 1.37 bits per heavy atom. The second-order valence-electron chi connectivity index (χ2n) is 5.51. The molecule has 0 bridgehead atoms. The molecular weight excluding hydrogens is 258 g/mol. The van der Waals surface area contributed by atoms with Crippen molar-refractivity contribution in [3.63, 3.8) is 0 Å². The smallest absolute Gasteiger partial charge is 0.240 e. The Labute approximate surface area is 117 Å². The summed E-state index contributed by atoms with van der Waals surface area (Å²) in [6, 6.07) is 3.81. The van der Waals surface area contributed by atoms with Crippen LogP contribution in [-0.2, 0) is 23.3 Å². The monoisotopic (exact) mass is 277 g/mol. The van der Waals surface area contributed by atoms with Gasteiger partial charge in [0.1, 0.15) is 11.6 Å². The summed E-state index contributed by atoms with van der Waals surface area (Å²) >= 11 is 1.59. The highest BCUT2D eigenvalue weighted by molar-refractivity contribution is 7.09. The van der Waals surface area contributed by atoms with Crippen LogP contribution in [0.1, 0.15) is 31.5 Å². The second kappa shape index (κ2) is 5.57. The molecule has 0 aliphatic heterocycles. The molecule has 19 heavy (non-hydrogen) atoms. The first-order chi connectivity index (χ1) is 8.95. The molecule has 0 aliphatic carbocycles. The largest absolute Gasteiger partial charge is 0.348 e. The van der Waals surface area contributed by atoms with Crippen molar-refractivity contribution in [2.45, 2.75) is 39.3 Å². The summed E-state index contributed by atoms with van der Waals surface area (Å²) in [6.07, 6.45) is 3.75. The lowest BCUT2D eigenvalue weighted by atomic mass is 9.93. The van der Waals surface area contributed by atoms with Gasteiger partial charge in [-0.1, -0.05) is 20.8 Å². The van der Waals surface area contributed by atoms with Gasteiger partial charge in [-0.2, -0.15) is 0 Å². The molecule has 2 aromatic heterocycles. The van der Waals surface area contributed by atoms with E-state index in [2.05, 4.69) is 36.5 Å². The maximum absolute atomic E-state index is 11.7. The summed E-state index contributed by atoms with van der Waals surface area (Å²) in [5, 5.41) is 5.90. The molecule has 2 heterocycles. The third-order valence-electron chi connectivity index (χ3n) is 2.75.